The highest BCUT2D eigenvalue weighted by atomic mass is 16.3. The van der Waals surface area contributed by atoms with Gasteiger partial charge in [-0.1, -0.05) is 19.9 Å². The van der Waals surface area contributed by atoms with Gasteiger partial charge in [-0.05, 0) is 25.0 Å². The topological polar surface area (TPSA) is 52.8 Å². The van der Waals surface area contributed by atoms with E-state index in [1.807, 2.05) is 18.2 Å². The lowest BCUT2D eigenvalue weighted by molar-refractivity contribution is 0.301. The predicted molar refractivity (Wildman–Crippen MR) is 84.6 cm³/mol. The monoisotopic (exact) mass is 288 g/mol. The predicted octanol–water partition coefficient (Wildman–Crippen LogP) is 1.79. The second-order valence-corrected chi connectivity index (χ2v) is 5.99. The summed E-state index contributed by atoms with van der Waals surface area (Å²) in [6, 6.07) is 7.05. The molecule has 0 saturated heterocycles. The highest BCUT2D eigenvalue weighted by molar-refractivity contribution is 5.57. The minimum atomic E-state index is 0.168. The van der Waals surface area contributed by atoms with E-state index in [0.717, 1.165) is 18.0 Å². The summed E-state index contributed by atoms with van der Waals surface area (Å²) in [4.78, 5) is 7.08. The smallest absolute Gasteiger partial charge is 0.152 e. The third-order valence-corrected chi connectivity index (χ3v) is 3.89. The van der Waals surface area contributed by atoms with Crippen LogP contribution < -0.4 is 10.2 Å². The molecule has 2 aromatic heterocycles. The fourth-order valence-electron chi connectivity index (χ4n) is 2.68. The summed E-state index contributed by atoms with van der Waals surface area (Å²) >= 11 is 0. The Balaban J connectivity index is 2.00. The molecule has 0 atom stereocenters. The molecule has 0 bridgehead atoms. The van der Waals surface area contributed by atoms with Gasteiger partial charge in [-0.3, -0.25) is 0 Å². The van der Waals surface area contributed by atoms with Crippen molar-refractivity contribution in [2.24, 2.45) is 0 Å². The van der Waals surface area contributed by atoms with Crippen LogP contribution in [0.25, 0.3) is 5.65 Å². The normalized spacial score (nSPS) is 15.0. The van der Waals surface area contributed by atoms with E-state index in [1.165, 1.54) is 18.5 Å². The quantitative estimate of drug-likeness (QED) is 0.815. The van der Waals surface area contributed by atoms with Crippen molar-refractivity contribution < 1.29 is 5.11 Å². The Kier molecular flexibility index (Phi) is 4.12. The molecule has 1 aliphatic rings. The summed E-state index contributed by atoms with van der Waals surface area (Å²) in [6.45, 7) is 5.90. The number of nitrogens with zero attached hydrogens (tertiary/aromatic N) is 3. The molecule has 1 saturated carbocycles. The number of aliphatic hydroxyl groups is 1. The standard InChI is InChI=1S/C16H24N4O/c1-12(2)17-11-14-16(19(9-10-21)13-6-7-13)18-15-5-3-4-8-20(14)15/h3-5,8,12-13,17,21H,6-7,9-11H2,1-2H3. The van der Waals surface area contributed by atoms with Gasteiger partial charge >= 0.3 is 0 Å². The van der Waals surface area contributed by atoms with Gasteiger partial charge in [0.25, 0.3) is 0 Å². The molecule has 1 fully saturated rings. The molecule has 0 radical (unpaired) electrons. The van der Waals surface area contributed by atoms with Gasteiger partial charge in [0.05, 0.1) is 12.3 Å². The van der Waals surface area contributed by atoms with E-state index in [-0.39, 0.29) is 6.61 Å². The molecule has 0 aliphatic heterocycles. The van der Waals surface area contributed by atoms with Crippen LogP contribution in [-0.4, -0.2) is 39.7 Å². The minimum absolute atomic E-state index is 0.168. The number of aromatic nitrogens is 2. The van der Waals surface area contributed by atoms with Crippen LogP contribution in [-0.2, 0) is 6.54 Å². The number of hydrogen-bond donors (Lipinski definition) is 2. The van der Waals surface area contributed by atoms with Gasteiger partial charge in [-0.25, -0.2) is 4.98 Å². The van der Waals surface area contributed by atoms with Crippen molar-refractivity contribution in [3.05, 3.63) is 30.1 Å². The summed E-state index contributed by atoms with van der Waals surface area (Å²) in [5.74, 6) is 1.02. The molecule has 2 aromatic rings. The molecule has 0 spiro atoms. The van der Waals surface area contributed by atoms with Crippen LogP contribution in [0.5, 0.6) is 0 Å². The Morgan fingerprint density at radius 3 is 2.90 bits per heavy atom. The van der Waals surface area contributed by atoms with E-state index < -0.39 is 0 Å². The first kappa shape index (κ1) is 14.4. The van der Waals surface area contributed by atoms with Crippen molar-refractivity contribution in [2.75, 3.05) is 18.1 Å². The van der Waals surface area contributed by atoms with Gasteiger partial charge in [0.15, 0.2) is 5.82 Å². The molecule has 114 valence electrons. The molecule has 21 heavy (non-hydrogen) atoms. The third-order valence-electron chi connectivity index (χ3n) is 3.89. The Morgan fingerprint density at radius 2 is 2.24 bits per heavy atom. The molecule has 0 amide bonds. The molecule has 0 aromatic carbocycles. The van der Waals surface area contributed by atoms with Crippen molar-refractivity contribution in [3.8, 4) is 0 Å². The third kappa shape index (κ3) is 3.04. The van der Waals surface area contributed by atoms with Crippen molar-refractivity contribution in [1.29, 1.82) is 0 Å². The minimum Gasteiger partial charge on any atom is -0.395 e. The zero-order chi connectivity index (χ0) is 14.8. The second-order valence-electron chi connectivity index (χ2n) is 5.99. The van der Waals surface area contributed by atoms with Crippen molar-refractivity contribution in [3.63, 3.8) is 0 Å². The maximum absolute atomic E-state index is 9.37. The second kappa shape index (κ2) is 6.03. The zero-order valence-corrected chi connectivity index (χ0v) is 12.8. The maximum Gasteiger partial charge on any atom is 0.152 e. The summed E-state index contributed by atoms with van der Waals surface area (Å²) < 4.78 is 2.15. The Labute approximate surface area is 125 Å². The van der Waals surface area contributed by atoms with Crippen LogP contribution >= 0.6 is 0 Å². The average Bonchev–Trinajstić information content (AvgIpc) is 3.23. The summed E-state index contributed by atoms with van der Waals surface area (Å²) in [5, 5.41) is 12.9. The molecule has 1 aliphatic carbocycles. The largest absolute Gasteiger partial charge is 0.395 e. The van der Waals surface area contributed by atoms with E-state index in [0.29, 0.717) is 18.6 Å². The van der Waals surface area contributed by atoms with Crippen LogP contribution in [0, 0.1) is 0 Å². The van der Waals surface area contributed by atoms with E-state index >= 15 is 0 Å². The van der Waals surface area contributed by atoms with Gasteiger partial charge in [-0.15, -0.1) is 0 Å². The maximum atomic E-state index is 9.37. The molecule has 5 heteroatoms. The first-order valence-electron chi connectivity index (χ1n) is 7.77. The first-order valence-corrected chi connectivity index (χ1v) is 7.77. The van der Waals surface area contributed by atoms with Crippen LogP contribution in [0.3, 0.4) is 0 Å². The van der Waals surface area contributed by atoms with Gasteiger partial charge in [0.1, 0.15) is 5.65 Å². The number of hydrogen-bond acceptors (Lipinski definition) is 4. The van der Waals surface area contributed by atoms with Crippen LogP contribution in [0.2, 0.25) is 0 Å². The highest BCUT2D eigenvalue weighted by Crippen LogP contribution is 2.33. The number of pyridine rings is 1. The lowest BCUT2D eigenvalue weighted by Gasteiger charge is -2.23. The van der Waals surface area contributed by atoms with E-state index in [9.17, 15) is 5.11 Å². The number of imidazole rings is 1. The van der Waals surface area contributed by atoms with Gasteiger partial charge in [0, 0.05) is 31.4 Å². The highest BCUT2D eigenvalue weighted by Gasteiger charge is 2.32. The molecule has 0 unspecified atom stereocenters. The van der Waals surface area contributed by atoms with E-state index in [4.69, 9.17) is 4.98 Å². The number of nitrogens with one attached hydrogen (secondary N) is 1. The molecule has 2 heterocycles. The van der Waals surface area contributed by atoms with Crippen molar-refractivity contribution >= 4 is 11.5 Å². The Hall–Kier alpha value is -1.59. The number of aliphatic hydroxyl groups excluding tert-OH is 1. The number of rotatable bonds is 7. The number of fused-ring (bicyclic) bond motifs is 1. The van der Waals surface area contributed by atoms with Crippen LogP contribution in [0.1, 0.15) is 32.4 Å². The summed E-state index contributed by atoms with van der Waals surface area (Å²) in [6.07, 6.45) is 4.46. The first-order chi connectivity index (χ1) is 10.2. The van der Waals surface area contributed by atoms with Crippen LogP contribution in [0.15, 0.2) is 24.4 Å². The fourth-order valence-corrected chi connectivity index (χ4v) is 2.68. The van der Waals surface area contributed by atoms with Crippen molar-refractivity contribution in [2.45, 2.75) is 45.3 Å². The summed E-state index contributed by atoms with van der Waals surface area (Å²) in [7, 11) is 0. The van der Waals surface area contributed by atoms with Gasteiger partial charge in [0.2, 0.25) is 0 Å². The molecule has 5 nitrogen and oxygen atoms in total. The average molecular weight is 288 g/mol. The lowest BCUT2D eigenvalue weighted by atomic mass is 10.3. The zero-order valence-electron chi connectivity index (χ0n) is 12.8. The molecule has 2 N–H and O–H groups in total. The fraction of sp³-hybridized carbons (Fsp3) is 0.562. The van der Waals surface area contributed by atoms with E-state index in [2.05, 4.69) is 34.7 Å². The SMILES string of the molecule is CC(C)NCc1c(N(CCO)C2CC2)nc2ccccn12. The molecular weight excluding hydrogens is 264 g/mol. The Bertz CT molecular complexity index is 603. The number of anilines is 1. The summed E-state index contributed by atoms with van der Waals surface area (Å²) in [5.41, 5.74) is 2.15. The molecule has 3 rings (SSSR count). The Morgan fingerprint density at radius 1 is 1.43 bits per heavy atom. The molecular formula is C16H24N4O. The lowest BCUT2D eigenvalue weighted by Crippen LogP contribution is -2.31. The van der Waals surface area contributed by atoms with Crippen LogP contribution in [0.4, 0.5) is 5.82 Å². The van der Waals surface area contributed by atoms with Gasteiger partial charge in [-0.2, -0.15) is 0 Å². The van der Waals surface area contributed by atoms with Gasteiger partial charge < -0.3 is 19.7 Å². The van der Waals surface area contributed by atoms with E-state index in [1.54, 1.807) is 0 Å². The van der Waals surface area contributed by atoms with Crippen molar-refractivity contribution in [1.82, 2.24) is 14.7 Å².